The Kier molecular flexibility index (Phi) is 2.62. The maximum atomic E-state index is 10.8. The zero-order valence-corrected chi connectivity index (χ0v) is 8.69. The van der Waals surface area contributed by atoms with Crippen molar-refractivity contribution >= 4 is 5.97 Å². The van der Waals surface area contributed by atoms with E-state index >= 15 is 0 Å². The van der Waals surface area contributed by atoms with Crippen LogP contribution in [0.1, 0.15) is 41.6 Å². The van der Waals surface area contributed by atoms with Gasteiger partial charge in [0.15, 0.2) is 0 Å². The molecule has 80 valence electrons. The smallest absolute Gasteiger partial charge is 0.335 e. The second-order valence-electron chi connectivity index (χ2n) is 3.80. The van der Waals surface area contributed by atoms with Crippen LogP contribution in [-0.4, -0.2) is 17.7 Å². The van der Waals surface area contributed by atoms with E-state index in [0.717, 1.165) is 30.8 Å². The Hall–Kier alpha value is -1.51. The molecule has 0 spiro atoms. The molecule has 0 aliphatic carbocycles. The molecular formula is C12H14O3. The van der Waals surface area contributed by atoms with Crippen molar-refractivity contribution in [3.05, 3.63) is 29.3 Å². The van der Waals surface area contributed by atoms with Gasteiger partial charge in [0.1, 0.15) is 5.75 Å². The molecule has 0 amide bonds. The molecule has 1 aliphatic rings. The zero-order chi connectivity index (χ0) is 10.8. The normalized spacial score (nSPS) is 19.1. The highest BCUT2D eigenvalue weighted by molar-refractivity contribution is 5.88. The summed E-state index contributed by atoms with van der Waals surface area (Å²) in [6.07, 6.45) is 2.01. The fourth-order valence-electron chi connectivity index (χ4n) is 2.02. The molecule has 0 aromatic heterocycles. The van der Waals surface area contributed by atoms with Crippen molar-refractivity contribution in [2.75, 3.05) is 6.61 Å². The number of fused-ring (bicyclic) bond motifs is 1. The lowest BCUT2D eigenvalue weighted by Gasteiger charge is -2.25. The average Bonchev–Trinajstić information content (AvgIpc) is 2.27. The number of hydrogen-bond acceptors (Lipinski definition) is 2. The molecule has 0 saturated carbocycles. The fraction of sp³-hybridized carbons (Fsp3) is 0.417. The summed E-state index contributed by atoms with van der Waals surface area (Å²) in [5.41, 5.74) is 1.39. The monoisotopic (exact) mass is 206 g/mol. The molecule has 0 radical (unpaired) electrons. The summed E-state index contributed by atoms with van der Waals surface area (Å²) >= 11 is 0. The molecule has 1 N–H and O–H groups in total. The van der Waals surface area contributed by atoms with E-state index in [1.165, 1.54) is 0 Å². The minimum atomic E-state index is -0.877. The van der Waals surface area contributed by atoms with Gasteiger partial charge in [-0.1, -0.05) is 6.92 Å². The number of carboxylic acid groups (broad SMARTS) is 1. The number of benzene rings is 1. The average molecular weight is 206 g/mol. The third kappa shape index (κ3) is 1.82. The molecule has 3 heteroatoms. The molecular weight excluding hydrogens is 192 g/mol. The van der Waals surface area contributed by atoms with Crippen molar-refractivity contribution in [1.82, 2.24) is 0 Å². The van der Waals surface area contributed by atoms with E-state index in [1.54, 1.807) is 18.2 Å². The summed E-state index contributed by atoms with van der Waals surface area (Å²) in [5, 5.41) is 8.90. The van der Waals surface area contributed by atoms with Gasteiger partial charge in [-0.25, -0.2) is 4.79 Å². The topological polar surface area (TPSA) is 46.5 Å². The number of aromatic carboxylic acids is 1. The van der Waals surface area contributed by atoms with Gasteiger partial charge in [-0.2, -0.15) is 0 Å². The quantitative estimate of drug-likeness (QED) is 0.809. The van der Waals surface area contributed by atoms with E-state index in [1.807, 2.05) is 0 Å². The Balaban J connectivity index is 2.43. The van der Waals surface area contributed by atoms with Gasteiger partial charge in [0.2, 0.25) is 0 Å². The van der Waals surface area contributed by atoms with Crippen LogP contribution in [0, 0.1) is 0 Å². The van der Waals surface area contributed by atoms with Crippen LogP contribution >= 0.6 is 0 Å². The van der Waals surface area contributed by atoms with Gasteiger partial charge >= 0.3 is 5.97 Å². The maximum absolute atomic E-state index is 10.8. The van der Waals surface area contributed by atoms with Crippen molar-refractivity contribution < 1.29 is 14.6 Å². The summed E-state index contributed by atoms with van der Waals surface area (Å²) in [6, 6.07) is 5.10. The molecule has 1 aromatic carbocycles. The van der Waals surface area contributed by atoms with Crippen LogP contribution in [0.2, 0.25) is 0 Å². The van der Waals surface area contributed by atoms with Crippen LogP contribution in [0.4, 0.5) is 0 Å². The Bertz CT molecular complexity index is 384. The van der Waals surface area contributed by atoms with Crippen molar-refractivity contribution in [3.8, 4) is 5.75 Å². The number of carboxylic acids is 1. The maximum Gasteiger partial charge on any atom is 0.335 e. The lowest BCUT2D eigenvalue weighted by Crippen LogP contribution is -2.14. The molecule has 1 aliphatic heterocycles. The van der Waals surface area contributed by atoms with E-state index in [2.05, 4.69) is 6.92 Å². The SMILES string of the molecule is CCC1CCOc2ccc(C(=O)O)cc21. The Morgan fingerprint density at radius 1 is 1.60 bits per heavy atom. The highest BCUT2D eigenvalue weighted by Gasteiger charge is 2.21. The molecule has 15 heavy (non-hydrogen) atoms. The van der Waals surface area contributed by atoms with Crippen LogP contribution in [0.25, 0.3) is 0 Å². The van der Waals surface area contributed by atoms with Crippen LogP contribution in [0.5, 0.6) is 5.75 Å². The van der Waals surface area contributed by atoms with E-state index in [-0.39, 0.29) is 0 Å². The number of hydrogen-bond donors (Lipinski definition) is 1. The number of carbonyl (C=O) groups is 1. The molecule has 1 unspecified atom stereocenters. The molecule has 1 heterocycles. The van der Waals surface area contributed by atoms with Crippen molar-refractivity contribution in [2.24, 2.45) is 0 Å². The van der Waals surface area contributed by atoms with Crippen molar-refractivity contribution in [3.63, 3.8) is 0 Å². The standard InChI is InChI=1S/C12H14O3/c1-2-8-5-6-15-11-4-3-9(12(13)14)7-10(8)11/h3-4,7-8H,2,5-6H2,1H3,(H,13,14). The lowest BCUT2D eigenvalue weighted by molar-refractivity contribution is 0.0696. The number of ether oxygens (including phenoxy) is 1. The molecule has 3 nitrogen and oxygen atoms in total. The van der Waals surface area contributed by atoms with Gasteiger partial charge < -0.3 is 9.84 Å². The van der Waals surface area contributed by atoms with Gasteiger partial charge in [0, 0.05) is 0 Å². The molecule has 0 bridgehead atoms. The Morgan fingerprint density at radius 2 is 2.40 bits per heavy atom. The first-order valence-corrected chi connectivity index (χ1v) is 5.22. The first kappa shape index (κ1) is 10.0. The summed E-state index contributed by atoms with van der Waals surface area (Å²) in [7, 11) is 0. The predicted molar refractivity (Wildman–Crippen MR) is 56.5 cm³/mol. The van der Waals surface area contributed by atoms with E-state index in [0.29, 0.717) is 11.5 Å². The Morgan fingerprint density at radius 3 is 3.07 bits per heavy atom. The van der Waals surface area contributed by atoms with E-state index in [4.69, 9.17) is 9.84 Å². The first-order chi connectivity index (χ1) is 7.22. The highest BCUT2D eigenvalue weighted by atomic mass is 16.5. The van der Waals surface area contributed by atoms with Crippen molar-refractivity contribution in [2.45, 2.75) is 25.7 Å². The molecule has 1 atom stereocenters. The second-order valence-corrected chi connectivity index (χ2v) is 3.80. The first-order valence-electron chi connectivity index (χ1n) is 5.22. The van der Waals surface area contributed by atoms with E-state index < -0.39 is 5.97 Å². The summed E-state index contributed by atoms with van der Waals surface area (Å²) in [6.45, 7) is 2.85. The fourth-order valence-corrected chi connectivity index (χ4v) is 2.02. The van der Waals surface area contributed by atoms with Crippen LogP contribution in [0.15, 0.2) is 18.2 Å². The van der Waals surface area contributed by atoms with Crippen molar-refractivity contribution in [1.29, 1.82) is 0 Å². The minimum absolute atomic E-state index is 0.345. The molecule has 1 aromatic rings. The zero-order valence-electron chi connectivity index (χ0n) is 8.69. The summed E-state index contributed by atoms with van der Waals surface area (Å²) in [5.74, 6) is 0.407. The Labute approximate surface area is 88.7 Å². The third-order valence-corrected chi connectivity index (χ3v) is 2.91. The predicted octanol–water partition coefficient (Wildman–Crippen LogP) is 2.66. The van der Waals surface area contributed by atoms with Gasteiger partial charge in [-0.15, -0.1) is 0 Å². The van der Waals surface area contributed by atoms with Gasteiger partial charge in [-0.05, 0) is 42.5 Å². The summed E-state index contributed by atoms with van der Waals surface area (Å²) < 4.78 is 5.50. The molecule has 0 saturated heterocycles. The second kappa shape index (κ2) is 3.93. The van der Waals surface area contributed by atoms with Crippen LogP contribution in [-0.2, 0) is 0 Å². The molecule has 2 rings (SSSR count). The molecule has 0 fully saturated rings. The lowest BCUT2D eigenvalue weighted by atomic mass is 9.90. The van der Waals surface area contributed by atoms with Gasteiger partial charge in [0.05, 0.1) is 12.2 Å². The largest absolute Gasteiger partial charge is 0.493 e. The summed E-state index contributed by atoms with van der Waals surface area (Å²) in [4.78, 5) is 10.8. The van der Waals surface area contributed by atoms with E-state index in [9.17, 15) is 4.79 Å². The van der Waals surface area contributed by atoms with Gasteiger partial charge in [-0.3, -0.25) is 0 Å². The van der Waals surface area contributed by atoms with Gasteiger partial charge in [0.25, 0.3) is 0 Å². The van der Waals surface area contributed by atoms with Crippen LogP contribution in [0.3, 0.4) is 0 Å². The highest BCUT2D eigenvalue weighted by Crippen LogP contribution is 2.36. The number of rotatable bonds is 2. The minimum Gasteiger partial charge on any atom is -0.493 e. The van der Waals surface area contributed by atoms with Crippen LogP contribution < -0.4 is 4.74 Å². The third-order valence-electron chi connectivity index (χ3n) is 2.91.